The number of fused-ring (bicyclic) bond motifs is 1. The highest BCUT2D eigenvalue weighted by molar-refractivity contribution is 6.03. The first-order chi connectivity index (χ1) is 18.1. The van der Waals surface area contributed by atoms with Crippen molar-refractivity contribution >= 4 is 23.0 Å². The van der Waals surface area contributed by atoms with Gasteiger partial charge in [0, 0.05) is 6.54 Å². The molecule has 0 aliphatic carbocycles. The molecule has 4 rings (SSSR count). The van der Waals surface area contributed by atoms with Gasteiger partial charge in [-0.05, 0) is 52.9 Å². The normalized spacial score (nSPS) is 11.7. The summed E-state index contributed by atoms with van der Waals surface area (Å²) in [5, 5.41) is 19.1. The van der Waals surface area contributed by atoms with Crippen molar-refractivity contribution in [2.75, 3.05) is 6.54 Å². The fourth-order valence-electron chi connectivity index (χ4n) is 3.64. The molecule has 0 radical (unpaired) electrons. The number of carbonyl (C=O) groups is 2. The molecule has 0 saturated carbocycles. The molecule has 7 nitrogen and oxygen atoms in total. The van der Waals surface area contributed by atoms with Crippen molar-refractivity contribution in [2.45, 2.75) is 25.8 Å². The van der Waals surface area contributed by atoms with Crippen LogP contribution in [0.3, 0.4) is 0 Å². The average Bonchev–Trinajstić information content (AvgIpc) is 3.22. The number of aromatic nitrogens is 2. The van der Waals surface area contributed by atoms with Gasteiger partial charge in [-0.15, -0.1) is 0 Å². The minimum absolute atomic E-state index is 0.118. The summed E-state index contributed by atoms with van der Waals surface area (Å²) in [4.78, 5) is 27.9. The summed E-state index contributed by atoms with van der Waals surface area (Å²) in [7, 11) is 0. The van der Waals surface area contributed by atoms with Gasteiger partial charge in [-0.2, -0.15) is 26.3 Å². The number of aromatic carboxylic acids is 1. The molecule has 0 atom stereocenters. The number of imidazole rings is 1. The summed E-state index contributed by atoms with van der Waals surface area (Å²) in [6.45, 7) is 0.852. The molecule has 0 unspecified atom stereocenters. The molecule has 206 valence electrons. The number of aryl methyl sites for hydroxylation is 1. The van der Waals surface area contributed by atoms with Crippen LogP contribution in [0.25, 0.3) is 33.3 Å². The van der Waals surface area contributed by atoms with Crippen molar-refractivity contribution in [1.29, 1.82) is 0 Å². The van der Waals surface area contributed by atoms with Crippen molar-refractivity contribution in [2.24, 2.45) is 0 Å². The van der Waals surface area contributed by atoms with E-state index in [1.807, 2.05) is 48.5 Å². The topological polar surface area (TPSA) is 115 Å². The summed E-state index contributed by atoms with van der Waals surface area (Å²) in [5.41, 5.74) is 5.33. The number of carboxylic acid groups (broad SMARTS) is 2. The molecular formula is C26H21F6N3O4. The highest BCUT2D eigenvalue weighted by atomic mass is 19.4. The number of halogens is 6. The summed E-state index contributed by atoms with van der Waals surface area (Å²) in [6, 6.07) is 18.4. The molecule has 13 heteroatoms. The van der Waals surface area contributed by atoms with Gasteiger partial charge >= 0.3 is 24.3 Å². The van der Waals surface area contributed by atoms with E-state index in [1.54, 1.807) is 19.1 Å². The minimum Gasteiger partial charge on any atom is -0.478 e. The lowest BCUT2D eigenvalue weighted by Gasteiger charge is -2.10. The molecule has 0 fully saturated rings. The molecule has 0 aliphatic heterocycles. The largest absolute Gasteiger partial charge is 0.490 e. The van der Waals surface area contributed by atoms with Crippen LogP contribution < -0.4 is 5.32 Å². The zero-order valence-electron chi connectivity index (χ0n) is 20.1. The van der Waals surface area contributed by atoms with Crippen LogP contribution in [0.4, 0.5) is 26.3 Å². The van der Waals surface area contributed by atoms with Gasteiger partial charge in [0.05, 0.1) is 17.6 Å². The van der Waals surface area contributed by atoms with Gasteiger partial charge in [0.1, 0.15) is 11.3 Å². The van der Waals surface area contributed by atoms with Crippen molar-refractivity contribution in [3.8, 4) is 22.3 Å². The number of H-pyrrole nitrogens is 1. The van der Waals surface area contributed by atoms with E-state index in [0.717, 1.165) is 27.8 Å². The Morgan fingerprint density at radius 2 is 1.46 bits per heavy atom. The Labute approximate surface area is 217 Å². The number of alkyl halides is 6. The molecule has 4 N–H and O–H groups in total. The number of nitrogens with zero attached hydrogens (tertiary/aromatic N) is 1. The number of aliphatic carboxylic acids is 1. The Morgan fingerprint density at radius 1 is 0.872 bits per heavy atom. The van der Waals surface area contributed by atoms with Crippen LogP contribution in [0.15, 0.2) is 60.7 Å². The molecule has 39 heavy (non-hydrogen) atoms. The number of rotatable bonds is 6. The van der Waals surface area contributed by atoms with Crippen LogP contribution in [0.5, 0.6) is 0 Å². The summed E-state index contributed by atoms with van der Waals surface area (Å²) in [6.07, 6.45) is -9.33. The van der Waals surface area contributed by atoms with Gasteiger partial charge < -0.3 is 20.5 Å². The predicted molar refractivity (Wildman–Crippen MR) is 130 cm³/mol. The SMILES string of the molecule is Cc1nc2c(C(=O)O)cc(-c3ccc(-c4cccc(CNCC(F)(F)F)c4)cc3)cc2[nH]1.O=C(O)C(F)(F)F. The third-order valence-corrected chi connectivity index (χ3v) is 5.31. The first-order valence-electron chi connectivity index (χ1n) is 11.1. The van der Waals surface area contributed by atoms with Gasteiger partial charge in [-0.3, -0.25) is 0 Å². The monoisotopic (exact) mass is 553 g/mol. The molecule has 0 spiro atoms. The molecule has 3 aromatic carbocycles. The first kappa shape index (κ1) is 29.2. The van der Waals surface area contributed by atoms with E-state index >= 15 is 0 Å². The first-order valence-corrected chi connectivity index (χ1v) is 11.1. The minimum atomic E-state index is -5.08. The molecule has 4 aromatic rings. The van der Waals surface area contributed by atoms with E-state index in [-0.39, 0.29) is 12.1 Å². The third kappa shape index (κ3) is 8.04. The zero-order chi connectivity index (χ0) is 29.0. The van der Waals surface area contributed by atoms with E-state index in [1.165, 1.54) is 0 Å². The molecule has 0 saturated heterocycles. The third-order valence-electron chi connectivity index (χ3n) is 5.31. The Hall–Kier alpha value is -4.39. The maximum atomic E-state index is 12.3. The average molecular weight is 553 g/mol. The molecular weight excluding hydrogens is 532 g/mol. The summed E-state index contributed by atoms with van der Waals surface area (Å²) < 4.78 is 68.7. The number of hydrogen-bond donors (Lipinski definition) is 4. The van der Waals surface area contributed by atoms with Crippen LogP contribution in [0.2, 0.25) is 0 Å². The highest BCUT2D eigenvalue weighted by Gasteiger charge is 2.38. The number of benzene rings is 3. The van der Waals surface area contributed by atoms with Gasteiger partial charge in [0.2, 0.25) is 0 Å². The van der Waals surface area contributed by atoms with E-state index in [9.17, 15) is 36.2 Å². The molecule has 0 aliphatic rings. The Morgan fingerprint density at radius 3 is 2.00 bits per heavy atom. The van der Waals surface area contributed by atoms with E-state index in [2.05, 4.69) is 15.3 Å². The number of hydrogen-bond acceptors (Lipinski definition) is 4. The highest BCUT2D eigenvalue weighted by Crippen LogP contribution is 2.29. The number of nitrogens with one attached hydrogen (secondary N) is 2. The molecule has 1 aromatic heterocycles. The fraction of sp³-hybridized carbons (Fsp3) is 0.192. The van der Waals surface area contributed by atoms with Gasteiger partial charge in [0.15, 0.2) is 0 Å². The second-order valence-corrected chi connectivity index (χ2v) is 8.35. The summed E-state index contributed by atoms with van der Waals surface area (Å²) >= 11 is 0. The molecule has 0 amide bonds. The number of aromatic amines is 1. The maximum Gasteiger partial charge on any atom is 0.490 e. The predicted octanol–water partition coefficient (Wildman–Crippen LogP) is 6.19. The quantitative estimate of drug-likeness (QED) is 0.212. The fourth-order valence-corrected chi connectivity index (χ4v) is 3.64. The Balaban J connectivity index is 0.000000532. The second-order valence-electron chi connectivity index (χ2n) is 8.35. The van der Waals surface area contributed by atoms with E-state index in [0.29, 0.717) is 16.9 Å². The van der Waals surface area contributed by atoms with Crippen LogP contribution in [-0.2, 0) is 11.3 Å². The van der Waals surface area contributed by atoms with Crippen molar-refractivity contribution < 1.29 is 46.1 Å². The zero-order valence-corrected chi connectivity index (χ0v) is 20.1. The smallest absolute Gasteiger partial charge is 0.478 e. The van der Waals surface area contributed by atoms with Crippen molar-refractivity contribution in [3.63, 3.8) is 0 Å². The second kappa shape index (κ2) is 11.6. The standard InChI is InChI=1S/C24H20F3N3O2.C2HF3O2/c1-14-29-21-11-19(10-20(23(31)32)22(21)30-14)17-7-5-16(6-8-17)18-4-2-3-15(9-18)12-28-13-24(25,26)27;3-2(4,5)1(6)7/h2-11,28H,12-13H2,1H3,(H,29,30)(H,31,32);(H,6,7). The lowest BCUT2D eigenvalue weighted by Crippen LogP contribution is -2.28. The Bertz CT molecular complexity index is 1480. The summed E-state index contributed by atoms with van der Waals surface area (Å²) in [5.74, 6) is -3.16. The van der Waals surface area contributed by atoms with Crippen LogP contribution in [0, 0.1) is 6.92 Å². The lowest BCUT2D eigenvalue weighted by molar-refractivity contribution is -0.192. The van der Waals surface area contributed by atoms with Crippen molar-refractivity contribution in [1.82, 2.24) is 15.3 Å². The number of carboxylic acids is 2. The maximum absolute atomic E-state index is 12.3. The lowest BCUT2D eigenvalue weighted by atomic mass is 9.97. The van der Waals surface area contributed by atoms with Gasteiger partial charge in [-0.25, -0.2) is 14.6 Å². The van der Waals surface area contributed by atoms with Gasteiger partial charge in [0.25, 0.3) is 0 Å². The van der Waals surface area contributed by atoms with Gasteiger partial charge in [-0.1, -0.05) is 42.5 Å². The van der Waals surface area contributed by atoms with Crippen LogP contribution >= 0.6 is 0 Å². The molecule has 1 heterocycles. The van der Waals surface area contributed by atoms with E-state index in [4.69, 9.17) is 9.90 Å². The van der Waals surface area contributed by atoms with E-state index < -0.39 is 30.8 Å². The van der Waals surface area contributed by atoms with Crippen LogP contribution in [0.1, 0.15) is 21.7 Å². The Kier molecular flexibility index (Phi) is 8.64. The van der Waals surface area contributed by atoms with Crippen molar-refractivity contribution in [3.05, 3.63) is 77.6 Å². The molecule has 0 bridgehead atoms. The van der Waals surface area contributed by atoms with Crippen LogP contribution in [-0.4, -0.2) is 51.0 Å².